The molecule has 0 bridgehead atoms. The maximum Gasteiger partial charge on any atom is 0.0277 e. The molecule has 0 amide bonds. The van der Waals surface area contributed by atoms with E-state index in [-0.39, 0.29) is 0 Å². The lowest BCUT2D eigenvalue weighted by Crippen LogP contribution is -2.60. The Morgan fingerprint density at radius 3 is 2.31 bits per heavy atom. The number of likely N-dealkylation sites (N-methyl/N-ethyl adjacent to an activating group) is 1. The minimum absolute atomic E-state index is 0.317. The lowest BCUT2D eigenvalue weighted by Gasteiger charge is -2.50. The molecule has 3 nitrogen and oxygen atoms in total. The summed E-state index contributed by atoms with van der Waals surface area (Å²) in [5.74, 6) is 0. The van der Waals surface area contributed by atoms with Crippen LogP contribution in [-0.4, -0.2) is 55.1 Å². The summed E-state index contributed by atoms with van der Waals surface area (Å²) in [7, 11) is 2.24. The van der Waals surface area contributed by atoms with Crippen molar-refractivity contribution in [3.63, 3.8) is 0 Å². The van der Waals surface area contributed by atoms with Crippen LogP contribution in [0, 0.1) is 5.41 Å². The average molecular weight is 225 g/mol. The third-order valence-corrected chi connectivity index (χ3v) is 4.80. The van der Waals surface area contributed by atoms with Crippen molar-refractivity contribution in [2.45, 2.75) is 38.6 Å². The zero-order valence-electron chi connectivity index (χ0n) is 11.1. The summed E-state index contributed by atoms with van der Waals surface area (Å²) in [4.78, 5) is 5.10. The third-order valence-electron chi connectivity index (χ3n) is 4.80. The maximum absolute atomic E-state index is 5.94. The molecule has 0 unspecified atom stereocenters. The van der Waals surface area contributed by atoms with Gasteiger partial charge in [0.25, 0.3) is 0 Å². The highest BCUT2D eigenvalue weighted by molar-refractivity contribution is 4.95. The van der Waals surface area contributed by atoms with Gasteiger partial charge in [0.05, 0.1) is 0 Å². The van der Waals surface area contributed by atoms with E-state index in [0.29, 0.717) is 11.0 Å². The Labute approximate surface area is 100.0 Å². The van der Waals surface area contributed by atoms with E-state index >= 15 is 0 Å². The fraction of sp³-hybridized carbons (Fsp3) is 1.00. The van der Waals surface area contributed by atoms with Gasteiger partial charge in [0.15, 0.2) is 0 Å². The summed E-state index contributed by atoms with van der Waals surface area (Å²) in [6.07, 6.45) is 4.07. The molecule has 1 aliphatic heterocycles. The molecule has 94 valence electrons. The molecule has 1 saturated heterocycles. The summed E-state index contributed by atoms with van der Waals surface area (Å²) in [6, 6.07) is 0. The first-order valence-corrected chi connectivity index (χ1v) is 6.61. The van der Waals surface area contributed by atoms with Gasteiger partial charge >= 0.3 is 0 Å². The molecule has 2 rings (SSSR count). The number of hydrogen-bond acceptors (Lipinski definition) is 3. The normalized spacial score (nSPS) is 30.0. The van der Waals surface area contributed by atoms with Crippen LogP contribution in [0.4, 0.5) is 0 Å². The Balaban J connectivity index is 1.91. The summed E-state index contributed by atoms with van der Waals surface area (Å²) in [5.41, 5.74) is 6.73. The quantitative estimate of drug-likeness (QED) is 0.782. The Kier molecular flexibility index (Phi) is 3.30. The smallest absolute Gasteiger partial charge is 0.0277 e. The van der Waals surface area contributed by atoms with E-state index in [9.17, 15) is 0 Å². The highest BCUT2D eigenvalue weighted by Crippen LogP contribution is 2.41. The molecule has 3 heteroatoms. The SMILES string of the molecule is CN1CCN(CC2(CN)CCC2)CC1(C)C. The second-order valence-corrected chi connectivity index (χ2v) is 6.50. The van der Waals surface area contributed by atoms with Crippen molar-refractivity contribution in [2.75, 3.05) is 39.8 Å². The van der Waals surface area contributed by atoms with E-state index in [0.717, 1.165) is 6.54 Å². The number of nitrogens with zero attached hydrogens (tertiary/aromatic N) is 2. The van der Waals surface area contributed by atoms with Crippen LogP contribution in [-0.2, 0) is 0 Å². The third kappa shape index (κ3) is 2.27. The van der Waals surface area contributed by atoms with E-state index < -0.39 is 0 Å². The molecular formula is C13H27N3. The van der Waals surface area contributed by atoms with Gasteiger partial charge in [0.1, 0.15) is 0 Å². The Bertz CT molecular complexity index is 240. The average Bonchev–Trinajstić information content (AvgIpc) is 2.17. The first kappa shape index (κ1) is 12.3. The number of piperazine rings is 1. The minimum atomic E-state index is 0.317. The Morgan fingerprint density at radius 2 is 1.88 bits per heavy atom. The summed E-state index contributed by atoms with van der Waals surface area (Å²) in [6.45, 7) is 10.4. The van der Waals surface area contributed by atoms with Crippen LogP contribution in [0.1, 0.15) is 33.1 Å². The van der Waals surface area contributed by atoms with Crippen LogP contribution in [0.5, 0.6) is 0 Å². The predicted octanol–water partition coefficient (Wildman–Crippen LogP) is 1.14. The van der Waals surface area contributed by atoms with Gasteiger partial charge in [-0.05, 0) is 45.7 Å². The fourth-order valence-corrected chi connectivity index (χ4v) is 3.05. The molecule has 0 aromatic heterocycles. The maximum atomic E-state index is 5.94. The largest absolute Gasteiger partial charge is 0.330 e. The lowest BCUT2D eigenvalue weighted by atomic mass is 9.68. The molecule has 2 aliphatic rings. The zero-order chi connectivity index (χ0) is 11.8. The summed E-state index contributed by atoms with van der Waals surface area (Å²) >= 11 is 0. The van der Waals surface area contributed by atoms with Gasteiger partial charge < -0.3 is 5.73 Å². The van der Waals surface area contributed by atoms with Crippen LogP contribution in [0.3, 0.4) is 0 Å². The predicted molar refractivity (Wildman–Crippen MR) is 68.5 cm³/mol. The number of nitrogens with two attached hydrogens (primary N) is 1. The molecular weight excluding hydrogens is 198 g/mol. The molecule has 16 heavy (non-hydrogen) atoms. The second kappa shape index (κ2) is 4.28. The molecule has 2 fully saturated rings. The van der Waals surface area contributed by atoms with Crippen LogP contribution in [0.2, 0.25) is 0 Å². The molecule has 1 saturated carbocycles. The van der Waals surface area contributed by atoms with Gasteiger partial charge in [-0.15, -0.1) is 0 Å². The van der Waals surface area contributed by atoms with Crippen molar-refractivity contribution in [3.05, 3.63) is 0 Å². The van der Waals surface area contributed by atoms with Crippen molar-refractivity contribution < 1.29 is 0 Å². The van der Waals surface area contributed by atoms with Gasteiger partial charge in [-0.1, -0.05) is 6.42 Å². The van der Waals surface area contributed by atoms with Crippen LogP contribution >= 0.6 is 0 Å². The van der Waals surface area contributed by atoms with E-state index in [1.54, 1.807) is 0 Å². The van der Waals surface area contributed by atoms with E-state index in [1.165, 1.54) is 45.4 Å². The first-order valence-electron chi connectivity index (χ1n) is 6.61. The van der Waals surface area contributed by atoms with E-state index in [4.69, 9.17) is 5.73 Å². The second-order valence-electron chi connectivity index (χ2n) is 6.50. The standard InChI is InChI=1S/C13H27N3/c1-12(2)10-16(8-7-15(12)3)11-13(9-14)5-4-6-13/h4-11,14H2,1-3H3. The van der Waals surface area contributed by atoms with E-state index in [1.807, 2.05) is 0 Å². The minimum Gasteiger partial charge on any atom is -0.330 e. The van der Waals surface area contributed by atoms with Crippen molar-refractivity contribution in [3.8, 4) is 0 Å². The Morgan fingerprint density at radius 1 is 1.19 bits per heavy atom. The highest BCUT2D eigenvalue weighted by atomic mass is 15.3. The van der Waals surface area contributed by atoms with Crippen LogP contribution in [0.25, 0.3) is 0 Å². The van der Waals surface area contributed by atoms with Crippen LogP contribution in [0.15, 0.2) is 0 Å². The van der Waals surface area contributed by atoms with Crippen molar-refractivity contribution >= 4 is 0 Å². The lowest BCUT2D eigenvalue weighted by molar-refractivity contribution is -0.00314. The first-order chi connectivity index (χ1) is 7.47. The summed E-state index contributed by atoms with van der Waals surface area (Å²) in [5, 5.41) is 0. The highest BCUT2D eigenvalue weighted by Gasteiger charge is 2.40. The fourth-order valence-electron chi connectivity index (χ4n) is 3.05. The van der Waals surface area contributed by atoms with Crippen LogP contribution < -0.4 is 5.73 Å². The number of rotatable bonds is 3. The van der Waals surface area contributed by atoms with Crippen molar-refractivity contribution in [2.24, 2.45) is 11.1 Å². The molecule has 0 radical (unpaired) electrons. The van der Waals surface area contributed by atoms with Gasteiger partial charge in [0, 0.05) is 31.7 Å². The monoisotopic (exact) mass is 225 g/mol. The van der Waals surface area contributed by atoms with Gasteiger partial charge in [-0.2, -0.15) is 0 Å². The Hall–Kier alpha value is -0.120. The summed E-state index contributed by atoms with van der Waals surface area (Å²) < 4.78 is 0. The van der Waals surface area contributed by atoms with E-state index in [2.05, 4.69) is 30.7 Å². The van der Waals surface area contributed by atoms with Gasteiger partial charge in [-0.25, -0.2) is 0 Å². The van der Waals surface area contributed by atoms with Crippen molar-refractivity contribution in [1.82, 2.24) is 9.80 Å². The number of hydrogen-bond donors (Lipinski definition) is 1. The van der Waals surface area contributed by atoms with Gasteiger partial charge in [-0.3, -0.25) is 9.80 Å². The molecule has 0 atom stereocenters. The molecule has 1 aliphatic carbocycles. The molecule has 1 heterocycles. The zero-order valence-corrected chi connectivity index (χ0v) is 11.1. The molecule has 2 N–H and O–H groups in total. The van der Waals surface area contributed by atoms with Gasteiger partial charge in [0.2, 0.25) is 0 Å². The molecule has 0 aromatic rings. The molecule has 0 aromatic carbocycles. The topological polar surface area (TPSA) is 32.5 Å². The molecule has 0 spiro atoms. The van der Waals surface area contributed by atoms with Crippen molar-refractivity contribution in [1.29, 1.82) is 0 Å².